The minimum Gasteiger partial charge on any atom is -0.298 e. The van der Waals surface area contributed by atoms with E-state index in [-0.39, 0.29) is 11.7 Å². The van der Waals surface area contributed by atoms with Crippen molar-refractivity contribution in [3.63, 3.8) is 0 Å². The van der Waals surface area contributed by atoms with Crippen molar-refractivity contribution in [3.8, 4) is 0 Å². The number of anilines is 1. The summed E-state index contributed by atoms with van der Waals surface area (Å²) in [4.78, 5) is 18.2. The summed E-state index contributed by atoms with van der Waals surface area (Å²) < 4.78 is 22.2. The number of nitrogens with zero attached hydrogens (tertiary/aromatic N) is 1. The second-order valence-corrected chi connectivity index (χ2v) is 8.96. The summed E-state index contributed by atoms with van der Waals surface area (Å²) in [7, 11) is -3.58. The van der Waals surface area contributed by atoms with Crippen molar-refractivity contribution in [1.82, 2.24) is 4.98 Å². The second kappa shape index (κ2) is 7.63. The molecule has 1 amide bonds. The van der Waals surface area contributed by atoms with Gasteiger partial charge in [-0.15, -0.1) is 11.3 Å². The van der Waals surface area contributed by atoms with E-state index in [1.807, 2.05) is 0 Å². The van der Waals surface area contributed by atoms with Crippen LogP contribution in [0, 0.1) is 0 Å². The minimum absolute atomic E-state index is 0.242. The van der Waals surface area contributed by atoms with Gasteiger partial charge < -0.3 is 0 Å². The number of amides is 1. The van der Waals surface area contributed by atoms with E-state index >= 15 is 0 Å². The molecule has 0 fully saturated rings. The van der Waals surface area contributed by atoms with Gasteiger partial charge in [0.2, 0.25) is 10.0 Å². The minimum atomic E-state index is -3.58. The highest BCUT2D eigenvalue weighted by molar-refractivity contribution is 7.88. The van der Waals surface area contributed by atoms with Crippen LogP contribution < -0.4 is 10.5 Å². The number of hydrogen-bond acceptors (Lipinski definition) is 5. The molecule has 134 valence electrons. The molecule has 1 aromatic heterocycles. The number of nitrogens with one attached hydrogen (secondary N) is 1. The Bertz CT molecular complexity index is 832. The van der Waals surface area contributed by atoms with Crippen molar-refractivity contribution in [2.45, 2.75) is 44.3 Å². The summed E-state index contributed by atoms with van der Waals surface area (Å²) in [6, 6.07) is 6.39. The number of hydrogen-bond donors (Lipinski definition) is 2. The van der Waals surface area contributed by atoms with Crippen LogP contribution in [0.25, 0.3) is 0 Å². The molecule has 0 spiro atoms. The van der Waals surface area contributed by atoms with Crippen LogP contribution in [0.5, 0.6) is 0 Å². The van der Waals surface area contributed by atoms with Crippen molar-refractivity contribution in [2.75, 3.05) is 5.32 Å². The third-order valence-electron chi connectivity index (χ3n) is 4.15. The molecule has 0 saturated carbocycles. The Morgan fingerprint density at radius 2 is 1.80 bits per heavy atom. The lowest BCUT2D eigenvalue weighted by Gasteiger charge is -2.06. The summed E-state index contributed by atoms with van der Waals surface area (Å²) in [5.41, 5.74) is 2.13. The number of carbonyl (C=O) groups is 1. The van der Waals surface area contributed by atoms with E-state index < -0.39 is 10.0 Å². The Morgan fingerprint density at radius 3 is 2.48 bits per heavy atom. The number of fused-ring (bicyclic) bond motifs is 1. The van der Waals surface area contributed by atoms with Gasteiger partial charge in [-0.2, -0.15) is 0 Å². The van der Waals surface area contributed by atoms with Crippen molar-refractivity contribution in [3.05, 3.63) is 46.0 Å². The van der Waals surface area contributed by atoms with Crippen molar-refractivity contribution < 1.29 is 13.2 Å². The normalized spacial score (nSPS) is 15.1. The number of thiazole rings is 1. The van der Waals surface area contributed by atoms with Gasteiger partial charge in [-0.25, -0.2) is 18.5 Å². The maximum atomic E-state index is 12.4. The lowest BCUT2D eigenvalue weighted by molar-refractivity contribution is 0.102. The van der Waals surface area contributed by atoms with Crippen LogP contribution in [0.3, 0.4) is 0 Å². The first-order chi connectivity index (χ1) is 11.9. The van der Waals surface area contributed by atoms with E-state index in [1.54, 1.807) is 35.6 Å². The molecule has 1 aliphatic carbocycles. The number of carbonyl (C=O) groups excluding carboxylic acids is 1. The summed E-state index contributed by atoms with van der Waals surface area (Å²) in [6.07, 6.45) is 6.83. The zero-order valence-corrected chi connectivity index (χ0v) is 15.5. The number of benzene rings is 1. The highest BCUT2D eigenvalue weighted by Gasteiger charge is 2.15. The van der Waals surface area contributed by atoms with Gasteiger partial charge in [-0.3, -0.25) is 10.1 Å². The monoisotopic (exact) mass is 379 g/mol. The Kier molecular flexibility index (Phi) is 5.51. The zero-order chi connectivity index (χ0) is 17.9. The van der Waals surface area contributed by atoms with E-state index in [4.69, 9.17) is 5.14 Å². The van der Waals surface area contributed by atoms with E-state index in [1.165, 1.54) is 24.1 Å². The third-order valence-corrected chi connectivity index (χ3v) is 5.96. The molecule has 2 aromatic rings. The topological polar surface area (TPSA) is 102 Å². The molecule has 0 radical (unpaired) electrons. The number of aryl methyl sites for hydroxylation is 2. The summed E-state index contributed by atoms with van der Waals surface area (Å²) in [6.45, 7) is 0. The van der Waals surface area contributed by atoms with Gasteiger partial charge in [0.15, 0.2) is 5.13 Å². The van der Waals surface area contributed by atoms with Crippen molar-refractivity contribution >= 4 is 32.4 Å². The maximum Gasteiger partial charge on any atom is 0.257 e. The Balaban J connectivity index is 1.69. The molecule has 0 unspecified atom stereocenters. The molecule has 6 nitrogen and oxygen atoms in total. The molecule has 1 heterocycles. The molecule has 1 aromatic carbocycles. The van der Waals surface area contributed by atoms with Gasteiger partial charge in [0.25, 0.3) is 5.91 Å². The zero-order valence-electron chi connectivity index (χ0n) is 13.8. The largest absolute Gasteiger partial charge is 0.298 e. The number of primary sulfonamides is 1. The maximum absolute atomic E-state index is 12.4. The molecular formula is C17H21N3O3S2. The van der Waals surface area contributed by atoms with Crippen LogP contribution in [0.2, 0.25) is 0 Å². The Hall–Kier alpha value is -1.77. The standard InChI is InChI=1S/C17H21N3O3S2/c18-25(22,23)11-12-7-9-13(10-8-12)16(21)20-17-19-14-5-3-1-2-4-6-15(14)24-17/h7-10H,1-6,11H2,(H2,18,22,23)(H,19,20,21). The van der Waals surface area contributed by atoms with Crippen molar-refractivity contribution in [2.24, 2.45) is 5.14 Å². The van der Waals surface area contributed by atoms with Gasteiger partial charge >= 0.3 is 0 Å². The van der Waals surface area contributed by atoms with Gasteiger partial charge in [-0.05, 0) is 43.4 Å². The van der Waals surface area contributed by atoms with Crippen LogP contribution >= 0.6 is 11.3 Å². The van der Waals surface area contributed by atoms with Gasteiger partial charge in [0, 0.05) is 10.4 Å². The molecule has 8 heteroatoms. The van der Waals surface area contributed by atoms with Gasteiger partial charge in [0.05, 0.1) is 11.4 Å². The van der Waals surface area contributed by atoms with Crippen LogP contribution in [-0.2, 0) is 28.6 Å². The van der Waals surface area contributed by atoms with Crippen LogP contribution in [0.4, 0.5) is 5.13 Å². The smallest absolute Gasteiger partial charge is 0.257 e. The molecule has 0 aliphatic heterocycles. The fourth-order valence-corrected chi connectivity index (χ4v) is 4.61. The highest BCUT2D eigenvalue weighted by Crippen LogP contribution is 2.28. The third kappa shape index (κ3) is 5.10. The van der Waals surface area contributed by atoms with Crippen LogP contribution in [-0.4, -0.2) is 19.3 Å². The lowest BCUT2D eigenvalue weighted by atomic mass is 10.0. The van der Waals surface area contributed by atoms with Crippen LogP contribution in [0.1, 0.15) is 52.2 Å². The first-order valence-electron chi connectivity index (χ1n) is 8.30. The molecule has 0 bridgehead atoms. The van der Waals surface area contributed by atoms with Crippen molar-refractivity contribution in [1.29, 1.82) is 0 Å². The Labute approximate surface area is 151 Å². The number of rotatable bonds is 4. The SMILES string of the molecule is NS(=O)(=O)Cc1ccc(C(=O)Nc2nc3c(s2)CCCCCC3)cc1. The summed E-state index contributed by atoms with van der Waals surface area (Å²) >= 11 is 1.55. The van der Waals surface area contributed by atoms with E-state index in [0.29, 0.717) is 16.3 Å². The fourth-order valence-electron chi connectivity index (χ4n) is 2.91. The summed E-state index contributed by atoms with van der Waals surface area (Å²) in [5, 5.41) is 8.50. The van der Waals surface area contributed by atoms with Gasteiger partial charge in [0.1, 0.15) is 0 Å². The van der Waals surface area contributed by atoms with Gasteiger partial charge in [-0.1, -0.05) is 25.0 Å². The predicted molar refractivity (Wildman–Crippen MR) is 99.2 cm³/mol. The number of nitrogens with two attached hydrogens (primary N) is 1. The second-order valence-electron chi connectivity index (χ2n) is 6.26. The van der Waals surface area contributed by atoms with E-state index in [0.717, 1.165) is 25.0 Å². The first-order valence-corrected chi connectivity index (χ1v) is 10.8. The predicted octanol–water partition coefficient (Wildman–Crippen LogP) is 2.84. The van der Waals surface area contributed by atoms with E-state index in [2.05, 4.69) is 10.3 Å². The molecule has 0 saturated heterocycles. The fraction of sp³-hybridized carbons (Fsp3) is 0.412. The molecule has 25 heavy (non-hydrogen) atoms. The van der Waals surface area contributed by atoms with E-state index in [9.17, 15) is 13.2 Å². The average molecular weight is 380 g/mol. The molecule has 3 rings (SSSR count). The number of aromatic nitrogens is 1. The van der Waals surface area contributed by atoms with Crippen LogP contribution in [0.15, 0.2) is 24.3 Å². The Morgan fingerprint density at radius 1 is 1.12 bits per heavy atom. The molecular weight excluding hydrogens is 358 g/mol. The molecule has 1 aliphatic rings. The molecule has 0 atom stereocenters. The number of sulfonamides is 1. The molecule has 3 N–H and O–H groups in total. The quantitative estimate of drug-likeness (QED) is 0.852. The lowest BCUT2D eigenvalue weighted by Crippen LogP contribution is -2.15. The average Bonchev–Trinajstić information content (AvgIpc) is 2.87. The first kappa shape index (κ1) is 18.0. The summed E-state index contributed by atoms with van der Waals surface area (Å²) in [5.74, 6) is -0.488. The highest BCUT2D eigenvalue weighted by atomic mass is 32.2.